The molecular formula is C21H22F3N7O3S. The first-order chi connectivity index (χ1) is 16.2. The summed E-state index contributed by atoms with van der Waals surface area (Å²) in [5, 5.41) is 12.2. The quantitative estimate of drug-likeness (QED) is 0.547. The minimum atomic E-state index is -4.76. The number of carbonyl (C=O) groups excluding carboxylic acids is 1. The summed E-state index contributed by atoms with van der Waals surface area (Å²) >= 11 is 0. The molecule has 0 aromatic carbocycles. The van der Waals surface area contributed by atoms with Crippen molar-refractivity contribution in [2.45, 2.75) is 38.4 Å². The Balaban J connectivity index is 1.70. The van der Waals surface area contributed by atoms with Crippen LogP contribution in [0.1, 0.15) is 25.2 Å². The van der Waals surface area contributed by atoms with Crippen molar-refractivity contribution in [1.82, 2.24) is 19.7 Å². The van der Waals surface area contributed by atoms with E-state index in [2.05, 4.69) is 24.7 Å². The van der Waals surface area contributed by atoms with Crippen LogP contribution < -0.4 is 15.2 Å². The number of fused-ring (bicyclic) bond motifs is 1. The van der Waals surface area contributed by atoms with Crippen LogP contribution in [0.25, 0.3) is 11.1 Å². The summed E-state index contributed by atoms with van der Waals surface area (Å²) < 4.78 is 63.6. The van der Waals surface area contributed by atoms with Crippen LogP contribution in [0.5, 0.6) is 5.88 Å². The Bertz CT molecular complexity index is 1430. The van der Waals surface area contributed by atoms with Crippen molar-refractivity contribution >= 4 is 21.8 Å². The fraction of sp³-hybridized carbons (Fsp3) is 0.333. The van der Waals surface area contributed by atoms with E-state index in [0.717, 1.165) is 6.07 Å². The van der Waals surface area contributed by atoms with E-state index in [4.69, 9.17) is 9.88 Å². The molecule has 0 unspecified atom stereocenters. The third-order valence-corrected chi connectivity index (χ3v) is 6.44. The standard InChI is InChI=1S/C21H22F3N7O3S/c1-12-8-13(6-7-26-12)14-4-5-16(21(22,23)24)28-17(14)29-19(32)30-35(25,33)15-9-27-31-10-20(2,3)11-34-18(15)31/h4-9H,10-11H2,1-3H3,(H3,25,28,29,30,32,33)/t35-/m0/s1. The molecule has 3 aromatic heterocycles. The molecule has 10 nitrogen and oxygen atoms in total. The number of urea groups is 1. The Morgan fingerprint density at radius 3 is 2.74 bits per heavy atom. The molecule has 0 aliphatic carbocycles. The van der Waals surface area contributed by atoms with Crippen LogP contribution in [0.2, 0.25) is 0 Å². The van der Waals surface area contributed by atoms with E-state index in [1.54, 1.807) is 19.1 Å². The zero-order valence-corrected chi connectivity index (χ0v) is 19.8. The molecule has 0 bridgehead atoms. The number of pyridine rings is 2. The van der Waals surface area contributed by atoms with Gasteiger partial charge in [0.15, 0.2) is 9.92 Å². The van der Waals surface area contributed by atoms with Crippen LogP contribution >= 0.6 is 0 Å². The first-order valence-electron chi connectivity index (χ1n) is 10.3. The summed E-state index contributed by atoms with van der Waals surface area (Å²) in [6, 6.07) is 3.88. The van der Waals surface area contributed by atoms with Gasteiger partial charge in [-0.15, -0.1) is 4.36 Å². The van der Waals surface area contributed by atoms with Crippen LogP contribution in [-0.4, -0.2) is 36.6 Å². The highest BCUT2D eigenvalue weighted by Crippen LogP contribution is 2.35. The molecule has 186 valence electrons. The number of nitrogens with zero attached hydrogens (tertiary/aromatic N) is 5. The molecule has 4 rings (SSSR count). The van der Waals surface area contributed by atoms with E-state index in [-0.39, 0.29) is 21.8 Å². The van der Waals surface area contributed by atoms with E-state index in [9.17, 15) is 22.2 Å². The van der Waals surface area contributed by atoms with E-state index >= 15 is 0 Å². The van der Waals surface area contributed by atoms with Gasteiger partial charge in [0.1, 0.15) is 16.4 Å². The molecule has 3 aromatic rings. The van der Waals surface area contributed by atoms with Gasteiger partial charge in [-0.25, -0.2) is 23.8 Å². The Labute approximate surface area is 199 Å². The number of halogens is 3. The van der Waals surface area contributed by atoms with E-state index in [1.165, 1.54) is 23.1 Å². The second kappa shape index (κ2) is 8.61. The van der Waals surface area contributed by atoms with Crippen molar-refractivity contribution < 1.29 is 26.9 Å². The van der Waals surface area contributed by atoms with Crippen molar-refractivity contribution in [1.29, 1.82) is 0 Å². The molecule has 0 fully saturated rings. The second-order valence-electron chi connectivity index (χ2n) is 8.79. The Morgan fingerprint density at radius 1 is 1.31 bits per heavy atom. The highest BCUT2D eigenvalue weighted by molar-refractivity contribution is 7.91. The molecule has 2 amide bonds. The van der Waals surface area contributed by atoms with Gasteiger partial charge in [-0.2, -0.15) is 18.3 Å². The predicted molar refractivity (Wildman–Crippen MR) is 121 cm³/mol. The van der Waals surface area contributed by atoms with Gasteiger partial charge in [0.05, 0.1) is 19.3 Å². The molecule has 0 saturated carbocycles. The maximum absolute atomic E-state index is 13.3. The van der Waals surface area contributed by atoms with Gasteiger partial charge in [-0.3, -0.25) is 10.3 Å². The van der Waals surface area contributed by atoms with Gasteiger partial charge < -0.3 is 4.74 Å². The molecule has 3 N–H and O–H groups in total. The van der Waals surface area contributed by atoms with Crippen LogP contribution in [0.15, 0.2) is 45.9 Å². The molecular weight excluding hydrogens is 487 g/mol. The monoisotopic (exact) mass is 509 g/mol. The van der Waals surface area contributed by atoms with Crippen LogP contribution in [-0.2, 0) is 22.6 Å². The highest BCUT2D eigenvalue weighted by Gasteiger charge is 2.34. The zero-order valence-electron chi connectivity index (χ0n) is 19.0. The Kier molecular flexibility index (Phi) is 6.05. The summed E-state index contributed by atoms with van der Waals surface area (Å²) in [7, 11) is -3.84. The average Bonchev–Trinajstić information content (AvgIpc) is 3.15. The van der Waals surface area contributed by atoms with Crippen LogP contribution in [0, 0.1) is 12.3 Å². The number of alkyl halides is 3. The minimum Gasteiger partial charge on any atom is -0.476 e. The molecule has 1 aliphatic heterocycles. The Hall–Kier alpha value is -3.52. The normalized spacial score (nSPS) is 16.5. The lowest BCUT2D eigenvalue weighted by Crippen LogP contribution is -2.33. The van der Waals surface area contributed by atoms with E-state index in [1.807, 2.05) is 13.8 Å². The number of aryl methyl sites for hydroxylation is 1. The van der Waals surface area contributed by atoms with E-state index < -0.39 is 33.6 Å². The number of anilines is 1. The average molecular weight is 510 g/mol. The SMILES string of the molecule is Cc1cc(-c2ccc(C(F)(F)F)nc2NC(=O)N=[S@](N)(=O)c2cnn3c2OCC(C)(C)C3)ccn1. The number of nitrogens with two attached hydrogens (primary N) is 1. The first-order valence-corrected chi connectivity index (χ1v) is 11.9. The van der Waals surface area contributed by atoms with Gasteiger partial charge in [0.25, 0.3) is 0 Å². The van der Waals surface area contributed by atoms with Gasteiger partial charge in [-0.05, 0) is 36.8 Å². The maximum atomic E-state index is 13.3. The fourth-order valence-corrected chi connectivity index (χ4v) is 4.49. The number of amides is 2. The van der Waals surface area contributed by atoms with Crippen molar-refractivity contribution in [3.05, 3.63) is 48.0 Å². The topological polar surface area (TPSA) is 137 Å². The van der Waals surface area contributed by atoms with Crippen molar-refractivity contribution in [3.8, 4) is 17.0 Å². The molecule has 4 heterocycles. The number of nitrogens with one attached hydrogen (secondary N) is 1. The summed E-state index contributed by atoms with van der Waals surface area (Å²) in [6.45, 7) is 6.38. The third kappa shape index (κ3) is 5.27. The number of hydrogen-bond donors (Lipinski definition) is 2. The molecule has 0 saturated heterocycles. The van der Waals surface area contributed by atoms with Crippen LogP contribution in [0.3, 0.4) is 0 Å². The maximum Gasteiger partial charge on any atom is 0.433 e. The van der Waals surface area contributed by atoms with Crippen molar-refractivity contribution in [2.24, 2.45) is 14.9 Å². The summed E-state index contributed by atoms with van der Waals surface area (Å²) in [6.07, 6.45) is -2.09. The van der Waals surface area contributed by atoms with Crippen LogP contribution in [0.4, 0.5) is 23.8 Å². The lowest BCUT2D eigenvalue weighted by Gasteiger charge is -2.30. The first kappa shape index (κ1) is 24.6. The molecule has 0 radical (unpaired) electrons. The largest absolute Gasteiger partial charge is 0.476 e. The number of rotatable bonds is 3. The summed E-state index contributed by atoms with van der Waals surface area (Å²) in [5.41, 5.74) is -0.203. The molecule has 1 aliphatic rings. The third-order valence-electron chi connectivity index (χ3n) is 5.09. The van der Waals surface area contributed by atoms with E-state index in [0.29, 0.717) is 24.4 Å². The molecule has 14 heteroatoms. The molecule has 35 heavy (non-hydrogen) atoms. The lowest BCUT2D eigenvalue weighted by molar-refractivity contribution is -0.141. The summed E-state index contributed by atoms with van der Waals surface area (Å²) in [5.74, 6) is -0.303. The van der Waals surface area contributed by atoms with Gasteiger partial charge in [-0.1, -0.05) is 13.8 Å². The fourth-order valence-electron chi connectivity index (χ4n) is 3.49. The van der Waals surface area contributed by atoms with Gasteiger partial charge >= 0.3 is 12.2 Å². The van der Waals surface area contributed by atoms with Crippen molar-refractivity contribution in [2.75, 3.05) is 11.9 Å². The van der Waals surface area contributed by atoms with Gasteiger partial charge in [0.2, 0.25) is 5.88 Å². The minimum absolute atomic E-state index is 0.0925. The molecule has 0 spiro atoms. The predicted octanol–water partition coefficient (Wildman–Crippen LogP) is 4.02. The Morgan fingerprint density at radius 2 is 2.06 bits per heavy atom. The summed E-state index contributed by atoms with van der Waals surface area (Å²) in [4.78, 5) is 20.2. The number of carbonyl (C=O) groups is 1. The smallest absolute Gasteiger partial charge is 0.433 e. The zero-order chi connectivity index (χ0) is 25.6. The van der Waals surface area contributed by atoms with Crippen molar-refractivity contribution in [3.63, 3.8) is 0 Å². The molecule has 1 atom stereocenters. The lowest BCUT2D eigenvalue weighted by atomic mass is 9.94. The second-order valence-corrected chi connectivity index (χ2v) is 10.6. The number of hydrogen-bond acceptors (Lipinski definition) is 6. The highest BCUT2D eigenvalue weighted by atomic mass is 32.2. The van der Waals surface area contributed by atoms with Gasteiger partial charge in [0, 0.05) is 22.9 Å². The number of aromatic nitrogens is 4. The number of ether oxygens (including phenoxy) is 1.